The van der Waals surface area contributed by atoms with Crippen molar-refractivity contribution in [3.8, 4) is 0 Å². The van der Waals surface area contributed by atoms with Crippen molar-refractivity contribution in [1.82, 2.24) is 5.32 Å². The Morgan fingerprint density at radius 1 is 1.25 bits per heavy atom. The van der Waals surface area contributed by atoms with Crippen molar-refractivity contribution in [3.63, 3.8) is 0 Å². The lowest BCUT2D eigenvalue weighted by atomic mass is 9.78. The zero-order valence-corrected chi connectivity index (χ0v) is 12.3. The SMILES string of the molecule is CNC(CCS(C)(=O)=O)CC(C)C(C)(C)C. The first-order valence-corrected chi connectivity index (χ1v) is 7.97. The van der Waals surface area contributed by atoms with E-state index in [1.807, 2.05) is 7.05 Å². The molecule has 0 rings (SSSR count). The van der Waals surface area contributed by atoms with Crippen LogP contribution in [0.2, 0.25) is 0 Å². The molecule has 0 aliphatic heterocycles. The van der Waals surface area contributed by atoms with E-state index >= 15 is 0 Å². The van der Waals surface area contributed by atoms with Crippen molar-refractivity contribution in [2.24, 2.45) is 11.3 Å². The van der Waals surface area contributed by atoms with Crippen molar-refractivity contribution in [2.75, 3.05) is 19.1 Å². The Labute approximate surface area is 101 Å². The van der Waals surface area contributed by atoms with Gasteiger partial charge in [-0.15, -0.1) is 0 Å². The average Bonchev–Trinajstić information content (AvgIpc) is 2.08. The molecule has 4 heteroatoms. The average molecular weight is 249 g/mol. The molecule has 0 saturated heterocycles. The standard InChI is InChI=1S/C12H27NO2S/c1-10(12(2,3)4)9-11(13-5)7-8-16(6,14)15/h10-11,13H,7-9H2,1-6H3. The second kappa shape index (κ2) is 6.01. The predicted octanol–water partition coefficient (Wildman–Crippen LogP) is 2.08. The molecule has 16 heavy (non-hydrogen) atoms. The van der Waals surface area contributed by atoms with E-state index in [9.17, 15) is 8.42 Å². The molecule has 1 N–H and O–H groups in total. The predicted molar refractivity (Wildman–Crippen MR) is 70.4 cm³/mol. The maximum atomic E-state index is 11.1. The number of rotatable bonds is 6. The topological polar surface area (TPSA) is 46.2 Å². The third-order valence-electron chi connectivity index (χ3n) is 3.36. The van der Waals surface area contributed by atoms with Gasteiger partial charge in [-0.05, 0) is 31.2 Å². The zero-order chi connectivity index (χ0) is 13.0. The quantitative estimate of drug-likeness (QED) is 0.784. The molecule has 0 heterocycles. The second-order valence-electron chi connectivity index (χ2n) is 5.91. The molecule has 0 aliphatic carbocycles. The van der Waals surface area contributed by atoms with Crippen LogP contribution in [0.25, 0.3) is 0 Å². The van der Waals surface area contributed by atoms with Gasteiger partial charge in [0.2, 0.25) is 0 Å². The van der Waals surface area contributed by atoms with Gasteiger partial charge in [-0.2, -0.15) is 0 Å². The van der Waals surface area contributed by atoms with E-state index in [1.54, 1.807) is 0 Å². The molecule has 0 spiro atoms. The molecule has 0 aromatic carbocycles. The molecule has 0 aliphatic rings. The molecule has 0 aromatic rings. The van der Waals surface area contributed by atoms with Crippen LogP contribution in [0, 0.1) is 11.3 Å². The van der Waals surface area contributed by atoms with E-state index in [0.29, 0.717) is 18.4 Å². The van der Waals surface area contributed by atoms with Crippen LogP contribution in [0.5, 0.6) is 0 Å². The van der Waals surface area contributed by atoms with E-state index in [4.69, 9.17) is 0 Å². The fourth-order valence-corrected chi connectivity index (χ4v) is 2.23. The van der Waals surface area contributed by atoms with E-state index in [2.05, 4.69) is 33.0 Å². The first-order chi connectivity index (χ1) is 7.06. The van der Waals surface area contributed by atoms with Gasteiger partial charge in [0.05, 0.1) is 5.75 Å². The lowest BCUT2D eigenvalue weighted by molar-refractivity contribution is 0.224. The van der Waals surface area contributed by atoms with E-state index < -0.39 is 9.84 Å². The van der Waals surface area contributed by atoms with Gasteiger partial charge in [0, 0.05) is 12.3 Å². The molecule has 0 amide bonds. The Bertz CT molecular complexity index is 291. The number of nitrogens with one attached hydrogen (secondary N) is 1. The molecule has 0 bridgehead atoms. The summed E-state index contributed by atoms with van der Waals surface area (Å²) in [6.45, 7) is 8.90. The highest BCUT2D eigenvalue weighted by atomic mass is 32.2. The van der Waals surface area contributed by atoms with Gasteiger partial charge in [-0.25, -0.2) is 8.42 Å². The van der Waals surface area contributed by atoms with Gasteiger partial charge >= 0.3 is 0 Å². The summed E-state index contributed by atoms with van der Waals surface area (Å²) >= 11 is 0. The molecule has 98 valence electrons. The van der Waals surface area contributed by atoms with E-state index in [-0.39, 0.29) is 11.2 Å². The summed E-state index contributed by atoms with van der Waals surface area (Å²) < 4.78 is 22.2. The highest BCUT2D eigenvalue weighted by molar-refractivity contribution is 7.90. The summed E-state index contributed by atoms with van der Waals surface area (Å²) in [6.07, 6.45) is 3.03. The van der Waals surface area contributed by atoms with Crippen LogP contribution < -0.4 is 5.32 Å². The normalized spacial score (nSPS) is 17.1. The monoisotopic (exact) mass is 249 g/mol. The van der Waals surface area contributed by atoms with E-state index in [0.717, 1.165) is 6.42 Å². The van der Waals surface area contributed by atoms with Gasteiger partial charge in [-0.3, -0.25) is 0 Å². The van der Waals surface area contributed by atoms with Crippen LogP contribution in [0.3, 0.4) is 0 Å². The summed E-state index contributed by atoms with van der Waals surface area (Å²) in [5.41, 5.74) is 0.278. The van der Waals surface area contributed by atoms with Crippen LogP contribution in [0.4, 0.5) is 0 Å². The largest absolute Gasteiger partial charge is 0.317 e. The van der Waals surface area contributed by atoms with Crippen LogP contribution in [-0.4, -0.2) is 33.5 Å². The Hall–Kier alpha value is -0.0900. The van der Waals surface area contributed by atoms with Gasteiger partial charge in [0.1, 0.15) is 9.84 Å². The van der Waals surface area contributed by atoms with Crippen LogP contribution in [0.15, 0.2) is 0 Å². The van der Waals surface area contributed by atoms with Crippen molar-refractivity contribution in [1.29, 1.82) is 0 Å². The van der Waals surface area contributed by atoms with E-state index in [1.165, 1.54) is 6.26 Å². The Balaban J connectivity index is 4.22. The molecular weight excluding hydrogens is 222 g/mol. The molecule has 0 radical (unpaired) electrons. The fourth-order valence-electron chi connectivity index (χ4n) is 1.52. The summed E-state index contributed by atoms with van der Waals surface area (Å²) in [7, 11) is -0.935. The third kappa shape index (κ3) is 7.23. The highest BCUT2D eigenvalue weighted by Crippen LogP contribution is 2.29. The number of hydrogen-bond donors (Lipinski definition) is 1. The summed E-state index contributed by atoms with van der Waals surface area (Å²) in [5, 5.41) is 3.21. The van der Waals surface area contributed by atoms with Crippen LogP contribution in [-0.2, 0) is 9.84 Å². The van der Waals surface area contributed by atoms with Crippen molar-refractivity contribution >= 4 is 9.84 Å². The summed E-state index contributed by atoms with van der Waals surface area (Å²) in [5.74, 6) is 0.847. The maximum Gasteiger partial charge on any atom is 0.147 e. The Morgan fingerprint density at radius 3 is 2.06 bits per heavy atom. The molecule has 0 aromatic heterocycles. The van der Waals surface area contributed by atoms with Crippen LogP contribution in [0.1, 0.15) is 40.5 Å². The zero-order valence-electron chi connectivity index (χ0n) is 11.5. The number of sulfone groups is 1. The minimum absolute atomic E-state index is 0.273. The maximum absolute atomic E-state index is 11.1. The molecular formula is C12H27NO2S. The summed E-state index contributed by atoms with van der Waals surface area (Å²) in [4.78, 5) is 0. The summed E-state index contributed by atoms with van der Waals surface area (Å²) in [6, 6.07) is 0.295. The highest BCUT2D eigenvalue weighted by Gasteiger charge is 2.23. The molecule has 0 saturated carbocycles. The van der Waals surface area contributed by atoms with Crippen molar-refractivity contribution in [2.45, 2.75) is 46.6 Å². The first kappa shape index (κ1) is 15.9. The minimum atomic E-state index is -2.84. The molecule has 3 nitrogen and oxygen atoms in total. The lowest BCUT2D eigenvalue weighted by Gasteiger charge is -2.30. The molecule has 2 atom stereocenters. The minimum Gasteiger partial charge on any atom is -0.317 e. The van der Waals surface area contributed by atoms with Gasteiger partial charge in [0.25, 0.3) is 0 Å². The van der Waals surface area contributed by atoms with Crippen molar-refractivity contribution < 1.29 is 8.42 Å². The first-order valence-electron chi connectivity index (χ1n) is 5.91. The van der Waals surface area contributed by atoms with Crippen LogP contribution >= 0.6 is 0 Å². The lowest BCUT2D eigenvalue weighted by Crippen LogP contribution is -2.32. The van der Waals surface area contributed by atoms with Gasteiger partial charge in [-0.1, -0.05) is 27.7 Å². The Kier molecular flexibility index (Phi) is 5.98. The smallest absolute Gasteiger partial charge is 0.147 e. The molecule has 2 unspecified atom stereocenters. The Morgan fingerprint density at radius 2 is 1.75 bits per heavy atom. The number of hydrogen-bond acceptors (Lipinski definition) is 3. The fraction of sp³-hybridized carbons (Fsp3) is 1.00. The third-order valence-corrected chi connectivity index (χ3v) is 4.34. The van der Waals surface area contributed by atoms with Gasteiger partial charge < -0.3 is 5.32 Å². The molecule has 0 fully saturated rings. The van der Waals surface area contributed by atoms with Gasteiger partial charge in [0.15, 0.2) is 0 Å². The second-order valence-corrected chi connectivity index (χ2v) is 8.17. The van der Waals surface area contributed by atoms with Crippen molar-refractivity contribution in [3.05, 3.63) is 0 Å².